The van der Waals surface area contributed by atoms with Gasteiger partial charge in [-0.25, -0.2) is 8.42 Å². The summed E-state index contributed by atoms with van der Waals surface area (Å²) >= 11 is 0. The van der Waals surface area contributed by atoms with E-state index in [-0.39, 0.29) is 29.6 Å². The average Bonchev–Trinajstić information content (AvgIpc) is 3.12. The molecule has 0 radical (unpaired) electrons. The van der Waals surface area contributed by atoms with E-state index in [2.05, 4.69) is 38.9 Å². The monoisotopic (exact) mass is 677 g/mol. The van der Waals surface area contributed by atoms with Gasteiger partial charge in [0.2, 0.25) is 0 Å². The SMILES string of the molecule is O=S(=O)(Nc1cccc(C2O[C@H](CN3CCCCCCC3)[C@@H](c3ccccc3)[C@H](c3ccc(CO)cc3)O2)c1)c1cccc2cccnc12. The molecule has 7 rings (SSSR count). The van der Waals surface area contributed by atoms with Crippen molar-refractivity contribution in [3.05, 3.63) is 138 Å². The van der Waals surface area contributed by atoms with E-state index in [1.807, 2.05) is 54.6 Å². The third-order valence-electron chi connectivity index (χ3n) is 9.65. The first kappa shape index (κ1) is 33.4. The number of pyridine rings is 1. The first-order valence-corrected chi connectivity index (χ1v) is 18.7. The summed E-state index contributed by atoms with van der Waals surface area (Å²) in [6, 6.07) is 34.4. The molecule has 2 N–H and O–H groups in total. The van der Waals surface area contributed by atoms with Gasteiger partial charge in [0, 0.05) is 35.3 Å². The first-order chi connectivity index (χ1) is 24.0. The summed E-state index contributed by atoms with van der Waals surface area (Å²) < 4.78 is 44.0. The number of nitrogens with zero attached hydrogens (tertiary/aromatic N) is 2. The summed E-state index contributed by atoms with van der Waals surface area (Å²) in [5, 5.41) is 10.5. The number of benzene rings is 4. The Morgan fingerprint density at radius 3 is 2.24 bits per heavy atom. The van der Waals surface area contributed by atoms with Gasteiger partial charge >= 0.3 is 0 Å². The van der Waals surface area contributed by atoms with Gasteiger partial charge < -0.3 is 19.5 Å². The Morgan fingerprint density at radius 1 is 0.755 bits per heavy atom. The van der Waals surface area contributed by atoms with Crippen LogP contribution in [0.2, 0.25) is 0 Å². The number of para-hydroxylation sites is 1. The van der Waals surface area contributed by atoms with E-state index in [4.69, 9.17) is 9.47 Å². The highest BCUT2D eigenvalue weighted by Crippen LogP contribution is 2.47. The molecule has 2 saturated heterocycles. The number of fused-ring (bicyclic) bond motifs is 1. The molecule has 0 bridgehead atoms. The van der Waals surface area contributed by atoms with Crippen LogP contribution in [0.15, 0.2) is 120 Å². The quantitative estimate of drug-likeness (QED) is 0.165. The van der Waals surface area contributed by atoms with Gasteiger partial charge in [0.25, 0.3) is 10.0 Å². The number of aromatic nitrogens is 1. The maximum Gasteiger partial charge on any atom is 0.264 e. The van der Waals surface area contributed by atoms with Gasteiger partial charge in [0.05, 0.1) is 24.3 Å². The molecule has 9 heteroatoms. The molecule has 254 valence electrons. The molecule has 1 aromatic heterocycles. The van der Waals surface area contributed by atoms with Gasteiger partial charge in [0.15, 0.2) is 6.29 Å². The number of rotatable bonds is 9. The van der Waals surface area contributed by atoms with E-state index in [1.165, 1.54) is 32.1 Å². The second-order valence-electron chi connectivity index (χ2n) is 13.0. The minimum atomic E-state index is -3.95. The van der Waals surface area contributed by atoms with Crippen LogP contribution in [0.3, 0.4) is 0 Å². The molecule has 2 aliphatic heterocycles. The predicted octanol–water partition coefficient (Wildman–Crippen LogP) is 7.73. The van der Waals surface area contributed by atoms with Crippen molar-refractivity contribution in [1.82, 2.24) is 9.88 Å². The van der Waals surface area contributed by atoms with E-state index >= 15 is 0 Å². The maximum atomic E-state index is 13.7. The molecule has 0 amide bonds. The molecule has 0 saturated carbocycles. The number of aliphatic hydroxyl groups excluding tert-OH is 1. The molecule has 4 aromatic carbocycles. The van der Waals surface area contributed by atoms with Crippen molar-refractivity contribution < 1.29 is 23.0 Å². The molecule has 0 spiro atoms. The van der Waals surface area contributed by atoms with Crippen LogP contribution in [-0.2, 0) is 26.1 Å². The normalized spacial score (nSPS) is 22.3. The third kappa shape index (κ3) is 7.71. The van der Waals surface area contributed by atoms with Crippen molar-refractivity contribution in [1.29, 1.82) is 0 Å². The van der Waals surface area contributed by atoms with Gasteiger partial charge in [-0.1, -0.05) is 104 Å². The molecule has 0 aliphatic carbocycles. The Bertz CT molecular complexity index is 1940. The molecule has 3 heterocycles. The lowest BCUT2D eigenvalue weighted by atomic mass is 9.83. The Labute approximate surface area is 288 Å². The Kier molecular flexibility index (Phi) is 10.3. The summed E-state index contributed by atoms with van der Waals surface area (Å²) in [6.07, 6.45) is 6.41. The lowest BCUT2D eigenvalue weighted by Gasteiger charge is -2.44. The van der Waals surface area contributed by atoms with Gasteiger partial charge in [-0.3, -0.25) is 9.71 Å². The number of sulfonamides is 1. The van der Waals surface area contributed by atoms with Gasteiger partial charge in [-0.2, -0.15) is 0 Å². The van der Waals surface area contributed by atoms with Crippen molar-refractivity contribution in [3.63, 3.8) is 0 Å². The topological polar surface area (TPSA) is 101 Å². The highest BCUT2D eigenvalue weighted by Gasteiger charge is 2.42. The third-order valence-corrected chi connectivity index (χ3v) is 11.1. The zero-order chi connectivity index (χ0) is 33.6. The second kappa shape index (κ2) is 15.2. The first-order valence-electron chi connectivity index (χ1n) is 17.2. The standard InChI is InChI=1S/C40H43N3O5S/c44-28-29-19-21-32(22-20-29)39-37(30-12-5-4-6-13-30)35(27-43-24-7-2-1-3-8-25-43)47-40(48-39)33-15-9-17-34(26-33)42-49(45,46)36-18-10-14-31-16-11-23-41-38(31)36/h4-6,9-23,26,35,37,39-40,42,44H,1-3,7-8,24-25,27-28H2/t35-,37-,39+,40?/m1/s1. The van der Waals surface area contributed by atoms with Crippen molar-refractivity contribution in [2.75, 3.05) is 24.4 Å². The highest BCUT2D eigenvalue weighted by molar-refractivity contribution is 7.93. The lowest BCUT2D eigenvalue weighted by Crippen LogP contribution is -2.45. The number of hydrogen-bond donors (Lipinski definition) is 2. The van der Waals surface area contributed by atoms with Gasteiger partial charge in [-0.15, -0.1) is 0 Å². The fraction of sp³-hybridized carbons (Fsp3) is 0.325. The maximum absolute atomic E-state index is 13.7. The van der Waals surface area contributed by atoms with Crippen molar-refractivity contribution in [3.8, 4) is 0 Å². The average molecular weight is 678 g/mol. The Morgan fingerprint density at radius 2 is 1.47 bits per heavy atom. The molecule has 2 fully saturated rings. The molecule has 2 aliphatic rings. The van der Waals surface area contributed by atoms with E-state index in [1.54, 1.807) is 36.5 Å². The van der Waals surface area contributed by atoms with Crippen molar-refractivity contribution in [2.45, 2.75) is 68.0 Å². The minimum Gasteiger partial charge on any atom is -0.392 e. The molecule has 8 nitrogen and oxygen atoms in total. The molecule has 1 unspecified atom stereocenters. The summed E-state index contributed by atoms with van der Waals surface area (Å²) in [7, 11) is -3.95. The van der Waals surface area contributed by atoms with Crippen LogP contribution in [0.25, 0.3) is 10.9 Å². The fourth-order valence-corrected chi connectivity index (χ4v) is 8.40. The summed E-state index contributed by atoms with van der Waals surface area (Å²) in [5.41, 5.74) is 4.52. The Balaban J connectivity index is 1.23. The smallest absolute Gasteiger partial charge is 0.264 e. The van der Waals surface area contributed by atoms with Crippen LogP contribution in [0.1, 0.15) is 72.7 Å². The Hall–Kier alpha value is -4.12. The highest BCUT2D eigenvalue weighted by atomic mass is 32.2. The van der Waals surface area contributed by atoms with Crippen molar-refractivity contribution in [2.24, 2.45) is 0 Å². The summed E-state index contributed by atoms with van der Waals surface area (Å²) in [4.78, 5) is 7.01. The van der Waals surface area contributed by atoms with E-state index in [0.29, 0.717) is 11.2 Å². The number of nitrogens with one attached hydrogen (secondary N) is 1. The largest absolute Gasteiger partial charge is 0.392 e. The number of hydrogen-bond acceptors (Lipinski definition) is 7. The second-order valence-corrected chi connectivity index (χ2v) is 14.7. The number of ether oxygens (including phenoxy) is 2. The summed E-state index contributed by atoms with van der Waals surface area (Å²) in [6.45, 7) is 2.78. The van der Waals surface area contributed by atoms with Crippen LogP contribution in [-0.4, -0.2) is 49.1 Å². The van der Waals surface area contributed by atoms with Crippen LogP contribution < -0.4 is 4.72 Å². The number of aliphatic hydroxyl groups is 1. The van der Waals surface area contributed by atoms with E-state index < -0.39 is 16.3 Å². The molecule has 4 atom stereocenters. The summed E-state index contributed by atoms with van der Waals surface area (Å²) in [5.74, 6) is -0.0941. The predicted molar refractivity (Wildman–Crippen MR) is 192 cm³/mol. The van der Waals surface area contributed by atoms with E-state index in [9.17, 15) is 13.5 Å². The minimum absolute atomic E-state index is 0.0330. The fourth-order valence-electron chi connectivity index (χ4n) is 7.17. The zero-order valence-corrected chi connectivity index (χ0v) is 28.3. The van der Waals surface area contributed by atoms with Crippen LogP contribution in [0.4, 0.5) is 5.69 Å². The molecular weight excluding hydrogens is 635 g/mol. The van der Waals surface area contributed by atoms with Crippen molar-refractivity contribution >= 4 is 26.6 Å². The lowest BCUT2D eigenvalue weighted by molar-refractivity contribution is -0.263. The number of likely N-dealkylation sites (tertiary alicyclic amines) is 1. The van der Waals surface area contributed by atoms with Crippen LogP contribution in [0, 0.1) is 0 Å². The van der Waals surface area contributed by atoms with Crippen LogP contribution in [0.5, 0.6) is 0 Å². The molecular formula is C40H43N3O5S. The van der Waals surface area contributed by atoms with Gasteiger partial charge in [-0.05, 0) is 66.9 Å². The molecule has 49 heavy (non-hydrogen) atoms. The molecule has 5 aromatic rings. The van der Waals surface area contributed by atoms with Crippen LogP contribution >= 0.6 is 0 Å². The number of anilines is 1. The van der Waals surface area contributed by atoms with E-state index in [0.717, 1.165) is 47.3 Å². The zero-order valence-electron chi connectivity index (χ0n) is 27.5. The van der Waals surface area contributed by atoms with Gasteiger partial charge in [0.1, 0.15) is 4.90 Å².